The first-order valence-corrected chi connectivity index (χ1v) is 12.0. The van der Waals surface area contributed by atoms with E-state index in [1.54, 1.807) is 14.2 Å². The van der Waals surface area contributed by atoms with Crippen LogP contribution >= 0.6 is 0 Å². The Balaban J connectivity index is 1.64. The highest BCUT2D eigenvalue weighted by molar-refractivity contribution is 6.19. The molecule has 0 fully saturated rings. The highest BCUT2D eigenvalue weighted by atomic mass is 16.5. The summed E-state index contributed by atoms with van der Waals surface area (Å²) in [7, 11) is 3.42. The Morgan fingerprint density at radius 3 is 1.31 bits per heavy atom. The standard InChI is InChI=1S/C32H24N2O2/c1-35-23-11-7-9-21(17-23)33-29-15-5-3-13-25(29)27-20-32-28(19-31(27)33)26-14-4-6-16-30(26)34(32)22-10-8-12-24(18-22)36-2/h3-20H,1-2H3. The van der Waals surface area contributed by atoms with Gasteiger partial charge < -0.3 is 18.6 Å². The maximum atomic E-state index is 5.55. The second-order valence-corrected chi connectivity index (χ2v) is 8.99. The van der Waals surface area contributed by atoms with Gasteiger partial charge in [0.15, 0.2) is 0 Å². The van der Waals surface area contributed by atoms with Gasteiger partial charge in [-0.2, -0.15) is 0 Å². The lowest BCUT2D eigenvalue weighted by atomic mass is 10.1. The maximum Gasteiger partial charge on any atom is 0.120 e. The van der Waals surface area contributed by atoms with E-state index in [0.29, 0.717) is 0 Å². The van der Waals surface area contributed by atoms with Crippen molar-refractivity contribution in [3.05, 3.63) is 109 Å². The third kappa shape index (κ3) is 2.94. The Bertz CT molecular complexity index is 1780. The van der Waals surface area contributed by atoms with Crippen molar-refractivity contribution in [3.8, 4) is 22.9 Å². The van der Waals surface area contributed by atoms with Gasteiger partial charge in [-0.3, -0.25) is 0 Å². The molecule has 0 saturated heterocycles. The molecule has 0 N–H and O–H groups in total. The lowest BCUT2D eigenvalue weighted by Gasteiger charge is -2.11. The monoisotopic (exact) mass is 468 g/mol. The number of para-hydroxylation sites is 2. The molecule has 7 rings (SSSR count). The number of ether oxygens (including phenoxy) is 2. The van der Waals surface area contributed by atoms with Gasteiger partial charge in [0.2, 0.25) is 0 Å². The van der Waals surface area contributed by atoms with Gasteiger partial charge in [-0.25, -0.2) is 0 Å². The second-order valence-electron chi connectivity index (χ2n) is 8.99. The summed E-state index contributed by atoms with van der Waals surface area (Å²) < 4.78 is 15.8. The number of hydrogen-bond acceptors (Lipinski definition) is 2. The molecule has 2 aromatic heterocycles. The zero-order valence-electron chi connectivity index (χ0n) is 20.1. The third-order valence-electron chi connectivity index (χ3n) is 7.09. The van der Waals surface area contributed by atoms with Gasteiger partial charge in [0, 0.05) is 45.1 Å². The fraction of sp³-hybridized carbons (Fsp3) is 0.0625. The average molecular weight is 469 g/mol. The Hall–Kier alpha value is -4.70. The predicted octanol–water partition coefficient (Wildman–Crippen LogP) is 7.90. The van der Waals surface area contributed by atoms with Crippen LogP contribution in [0.4, 0.5) is 0 Å². The molecule has 36 heavy (non-hydrogen) atoms. The number of methoxy groups -OCH3 is 2. The first-order valence-electron chi connectivity index (χ1n) is 12.0. The van der Waals surface area contributed by atoms with Crippen LogP contribution in [0.3, 0.4) is 0 Å². The summed E-state index contributed by atoms with van der Waals surface area (Å²) in [5.74, 6) is 1.68. The molecule has 0 unspecified atom stereocenters. The SMILES string of the molecule is COc1cccc(-n2c3ccccc3c3cc4c(cc32)c2ccccc2n4-c2cccc(OC)c2)c1. The molecule has 0 bridgehead atoms. The van der Waals surface area contributed by atoms with Crippen molar-refractivity contribution < 1.29 is 9.47 Å². The molecule has 0 aliphatic rings. The molecular formula is C32H24N2O2. The topological polar surface area (TPSA) is 28.3 Å². The van der Waals surface area contributed by atoms with E-state index in [-0.39, 0.29) is 0 Å². The van der Waals surface area contributed by atoms with E-state index in [1.807, 2.05) is 24.3 Å². The van der Waals surface area contributed by atoms with Crippen LogP contribution < -0.4 is 9.47 Å². The van der Waals surface area contributed by atoms with Gasteiger partial charge in [0.05, 0.1) is 36.3 Å². The summed E-state index contributed by atoms with van der Waals surface area (Å²) in [5, 5.41) is 4.88. The fourth-order valence-corrected chi connectivity index (χ4v) is 5.49. The zero-order valence-corrected chi connectivity index (χ0v) is 20.1. The Kier molecular flexibility index (Phi) is 4.55. The lowest BCUT2D eigenvalue weighted by molar-refractivity contribution is 0.414. The number of hydrogen-bond donors (Lipinski definition) is 0. The van der Waals surface area contributed by atoms with Crippen LogP contribution in [0.2, 0.25) is 0 Å². The molecule has 174 valence electrons. The highest BCUT2D eigenvalue weighted by Crippen LogP contribution is 2.40. The first kappa shape index (κ1) is 20.7. The summed E-state index contributed by atoms with van der Waals surface area (Å²) in [6.07, 6.45) is 0. The molecular weight excluding hydrogens is 444 g/mol. The fourth-order valence-electron chi connectivity index (χ4n) is 5.49. The van der Waals surface area contributed by atoms with Crippen molar-refractivity contribution in [3.63, 3.8) is 0 Å². The van der Waals surface area contributed by atoms with Crippen molar-refractivity contribution in [2.45, 2.75) is 0 Å². The third-order valence-corrected chi connectivity index (χ3v) is 7.09. The number of nitrogens with zero attached hydrogens (tertiary/aromatic N) is 2. The van der Waals surface area contributed by atoms with Crippen molar-refractivity contribution in [1.82, 2.24) is 9.13 Å². The summed E-state index contributed by atoms with van der Waals surface area (Å²) in [6.45, 7) is 0. The first-order chi connectivity index (χ1) is 17.8. The van der Waals surface area contributed by atoms with Gasteiger partial charge in [-0.1, -0.05) is 48.5 Å². The molecule has 0 aliphatic heterocycles. The summed E-state index contributed by atoms with van der Waals surface area (Å²) in [6, 6.07) is 38.4. The van der Waals surface area contributed by atoms with Gasteiger partial charge in [0.1, 0.15) is 11.5 Å². The zero-order chi connectivity index (χ0) is 24.2. The van der Waals surface area contributed by atoms with Gasteiger partial charge in [-0.15, -0.1) is 0 Å². The molecule has 0 aliphatic carbocycles. The summed E-state index contributed by atoms with van der Waals surface area (Å²) in [4.78, 5) is 0. The van der Waals surface area contributed by atoms with Crippen molar-refractivity contribution in [1.29, 1.82) is 0 Å². The largest absolute Gasteiger partial charge is 0.497 e. The molecule has 7 aromatic rings. The van der Waals surface area contributed by atoms with Crippen LogP contribution in [-0.2, 0) is 0 Å². The van der Waals surface area contributed by atoms with Gasteiger partial charge in [-0.05, 0) is 48.5 Å². The maximum absolute atomic E-state index is 5.55. The van der Waals surface area contributed by atoms with Crippen molar-refractivity contribution in [2.75, 3.05) is 14.2 Å². The van der Waals surface area contributed by atoms with E-state index in [1.165, 1.54) is 43.6 Å². The molecule has 0 spiro atoms. The smallest absolute Gasteiger partial charge is 0.120 e. The van der Waals surface area contributed by atoms with Crippen LogP contribution in [0, 0.1) is 0 Å². The normalized spacial score (nSPS) is 11.6. The lowest BCUT2D eigenvalue weighted by Crippen LogP contribution is -1.95. The number of benzene rings is 5. The van der Waals surface area contributed by atoms with E-state index in [0.717, 1.165) is 22.9 Å². The molecule has 0 radical (unpaired) electrons. The van der Waals surface area contributed by atoms with E-state index in [9.17, 15) is 0 Å². The Morgan fingerprint density at radius 1 is 0.417 bits per heavy atom. The highest BCUT2D eigenvalue weighted by Gasteiger charge is 2.18. The quantitative estimate of drug-likeness (QED) is 0.263. The minimum atomic E-state index is 0.842. The molecule has 0 atom stereocenters. The Labute approximate surface area is 208 Å². The van der Waals surface area contributed by atoms with Crippen LogP contribution in [0.15, 0.2) is 109 Å². The van der Waals surface area contributed by atoms with E-state index in [4.69, 9.17) is 9.47 Å². The van der Waals surface area contributed by atoms with Gasteiger partial charge >= 0.3 is 0 Å². The molecule has 0 saturated carbocycles. The number of rotatable bonds is 4. The van der Waals surface area contributed by atoms with E-state index < -0.39 is 0 Å². The van der Waals surface area contributed by atoms with Gasteiger partial charge in [0.25, 0.3) is 0 Å². The number of fused-ring (bicyclic) bond motifs is 6. The molecule has 0 amide bonds. The minimum Gasteiger partial charge on any atom is -0.497 e. The molecule has 4 heteroatoms. The van der Waals surface area contributed by atoms with E-state index in [2.05, 4.69) is 94.1 Å². The van der Waals surface area contributed by atoms with Crippen LogP contribution in [-0.4, -0.2) is 23.4 Å². The second kappa shape index (κ2) is 7.92. The Morgan fingerprint density at radius 2 is 0.861 bits per heavy atom. The molecule has 5 aromatic carbocycles. The average Bonchev–Trinajstić information content (AvgIpc) is 3.44. The summed E-state index contributed by atoms with van der Waals surface area (Å²) >= 11 is 0. The van der Waals surface area contributed by atoms with Crippen LogP contribution in [0.1, 0.15) is 0 Å². The van der Waals surface area contributed by atoms with Crippen molar-refractivity contribution >= 4 is 43.6 Å². The summed E-state index contributed by atoms with van der Waals surface area (Å²) in [5.41, 5.74) is 6.85. The van der Waals surface area contributed by atoms with Crippen LogP contribution in [0.25, 0.3) is 55.0 Å². The van der Waals surface area contributed by atoms with Crippen molar-refractivity contribution in [2.24, 2.45) is 0 Å². The van der Waals surface area contributed by atoms with E-state index >= 15 is 0 Å². The number of aromatic nitrogens is 2. The van der Waals surface area contributed by atoms with Crippen LogP contribution in [0.5, 0.6) is 11.5 Å². The minimum absolute atomic E-state index is 0.842. The molecule has 2 heterocycles. The predicted molar refractivity (Wildman–Crippen MR) is 148 cm³/mol. The molecule has 4 nitrogen and oxygen atoms in total.